The van der Waals surface area contributed by atoms with E-state index in [-0.39, 0.29) is 12.5 Å². The summed E-state index contributed by atoms with van der Waals surface area (Å²) in [5, 5.41) is 8.63. The average molecular weight is 252 g/mol. The second-order valence-corrected chi connectivity index (χ2v) is 4.58. The summed E-state index contributed by atoms with van der Waals surface area (Å²) in [5.41, 5.74) is 1.94. The molecule has 1 aliphatic rings. The molecule has 0 saturated carbocycles. The number of aliphatic carboxylic acids is 1. The van der Waals surface area contributed by atoms with Gasteiger partial charge in [0.25, 0.3) is 0 Å². The summed E-state index contributed by atoms with van der Waals surface area (Å²) in [7, 11) is 0. The fourth-order valence-corrected chi connectivity index (χ4v) is 2.63. The van der Waals surface area contributed by atoms with Gasteiger partial charge in [-0.3, -0.25) is 0 Å². The Balaban J connectivity index is 2.29. The number of fused-ring (bicyclic) bond motifs is 1. The lowest BCUT2D eigenvalue weighted by atomic mass is 9.80. The standard InChI is InChI=1S/C14H17FO3/c1-2-9-10-4-3-5-13(18-8-14(16)17)11(10)6-7-12(9)15/h3-5,9,12H,2,6-8H2,1H3,(H,16,17). The second kappa shape index (κ2) is 5.38. The molecule has 0 fully saturated rings. The first-order chi connectivity index (χ1) is 8.63. The maximum Gasteiger partial charge on any atom is 0.341 e. The number of halogens is 1. The van der Waals surface area contributed by atoms with Crippen molar-refractivity contribution in [2.75, 3.05) is 6.61 Å². The molecule has 0 aliphatic heterocycles. The van der Waals surface area contributed by atoms with E-state index < -0.39 is 12.1 Å². The molecule has 0 radical (unpaired) electrons. The largest absolute Gasteiger partial charge is 0.482 e. The highest BCUT2D eigenvalue weighted by molar-refractivity contribution is 5.68. The number of carbonyl (C=O) groups is 1. The molecule has 0 heterocycles. The molecule has 0 aromatic heterocycles. The highest BCUT2D eigenvalue weighted by Crippen LogP contribution is 2.39. The van der Waals surface area contributed by atoms with E-state index in [1.807, 2.05) is 13.0 Å². The molecule has 0 bridgehead atoms. The van der Waals surface area contributed by atoms with Crippen LogP contribution in [0.4, 0.5) is 4.39 Å². The monoisotopic (exact) mass is 252 g/mol. The fraction of sp³-hybridized carbons (Fsp3) is 0.500. The van der Waals surface area contributed by atoms with E-state index in [0.29, 0.717) is 18.6 Å². The summed E-state index contributed by atoms with van der Waals surface area (Å²) in [6.45, 7) is 1.61. The van der Waals surface area contributed by atoms with E-state index in [0.717, 1.165) is 17.5 Å². The van der Waals surface area contributed by atoms with Crippen LogP contribution in [0, 0.1) is 0 Å². The van der Waals surface area contributed by atoms with Crippen molar-refractivity contribution in [2.24, 2.45) is 0 Å². The van der Waals surface area contributed by atoms with E-state index in [1.165, 1.54) is 0 Å². The van der Waals surface area contributed by atoms with Crippen LogP contribution >= 0.6 is 0 Å². The van der Waals surface area contributed by atoms with Crippen LogP contribution in [-0.4, -0.2) is 23.9 Å². The summed E-state index contributed by atoms with van der Waals surface area (Å²) in [5.74, 6) is -0.513. The molecule has 2 atom stereocenters. The number of carboxylic acids is 1. The van der Waals surface area contributed by atoms with Crippen molar-refractivity contribution in [3.8, 4) is 5.75 Å². The SMILES string of the molecule is CCC1c2cccc(OCC(=O)O)c2CCC1F. The Bertz CT molecular complexity index is 445. The fourth-order valence-electron chi connectivity index (χ4n) is 2.63. The van der Waals surface area contributed by atoms with Crippen LogP contribution in [0.2, 0.25) is 0 Å². The maximum absolute atomic E-state index is 13.8. The van der Waals surface area contributed by atoms with Crippen LogP contribution in [0.5, 0.6) is 5.75 Å². The van der Waals surface area contributed by atoms with E-state index in [1.54, 1.807) is 12.1 Å². The van der Waals surface area contributed by atoms with Crippen molar-refractivity contribution >= 4 is 5.97 Å². The Labute approximate surface area is 106 Å². The third kappa shape index (κ3) is 2.47. The van der Waals surface area contributed by atoms with Crippen molar-refractivity contribution in [2.45, 2.75) is 38.3 Å². The number of benzene rings is 1. The van der Waals surface area contributed by atoms with Gasteiger partial charge >= 0.3 is 5.97 Å². The molecule has 1 aliphatic carbocycles. The first kappa shape index (κ1) is 12.9. The summed E-state index contributed by atoms with van der Waals surface area (Å²) < 4.78 is 19.1. The summed E-state index contributed by atoms with van der Waals surface area (Å²) in [6.07, 6.45) is 1.04. The Morgan fingerprint density at radius 2 is 2.33 bits per heavy atom. The third-order valence-electron chi connectivity index (χ3n) is 3.47. The molecule has 4 heteroatoms. The number of rotatable bonds is 4. The number of hydrogen-bond donors (Lipinski definition) is 1. The van der Waals surface area contributed by atoms with Crippen LogP contribution in [0.15, 0.2) is 18.2 Å². The molecule has 2 rings (SSSR count). The molecule has 98 valence electrons. The second-order valence-electron chi connectivity index (χ2n) is 4.58. The minimum atomic E-state index is -1.00. The van der Waals surface area contributed by atoms with Gasteiger partial charge in [0.05, 0.1) is 0 Å². The van der Waals surface area contributed by atoms with Gasteiger partial charge in [-0.05, 0) is 36.5 Å². The van der Waals surface area contributed by atoms with Gasteiger partial charge in [-0.15, -0.1) is 0 Å². The molecule has 2 unspecified atom stereocenters. The molecular weight excluding hydrogens is 235 g/mol. The van der Waals surface area contributed by atoms with Crippen LogP contribution in [0.1, 0.15) is 36.8 Å². The predicted octanol–water partition coefficient (Wildman–Crippen LogP) is 2.93. The van der Waals surface area contributed by atoms with Crippen molar-refractivity contribution in [1.29, 1.82) is 0 Å². The first-order valence-electron chi connectivity index (χ1n) is 6.24. The lowest BCUT2D eigenvalue weighted by Crippen LogP contribution is -2.22. The molecule has 1 aromatic rings. The highest BCUT2D eigenvalue weighted by atomic mass is 19.1. The number of carboxylic acid groups (broad SMARTS) is 1. The van der Waals surface area contributed by atoms with Crippen LogP contribution in [0.25, 0.3) is 0 Å². The van der Waals surface area contributed by atoms with Gasteiger partial charge in [0, 0.05) is 5.92 Å². The van der Waals surface area contributed by atoms with Crippen molar-refractivity contribution in [3.05, 3.63) is 29.3 Å². The van der Waals surface area contributed by atoms with Crippen LogP contribution in [0.3, 0.4) is 0 Å². The van der Waals surface area contributed by atoms with Crippen molar-refractivity contribution in [1.82, 2.24) is 0 Å². The average Bonchev–Trinajstić information content (AvgIpc) is 2.35. The van der Waals surface area contributed by atoms with Crippen molar-refractivity contribution < 1.29 is 19.0 Å². The molecule has 0 amide bonds. The zero-order chi connectivity index (χ0) is 13.1. The van der Waals surface area contributed by atoms with Gasteiger partial charge in [0.15, 0.2) is 6.61 Å². The number of hydrogen-bond acceptors (Lipinski definition) is 2. The zero-order valence-electron chi connectivity index (χ0n) is 10.4. The van der Waals surface area contributed by atoms with E-state index in [9.17, 15) is 9.18 Å². The smallest absolute Gasteiger partial charge is 0.341 e. The number of ether oxygens (including phenoxy) is 1. The Morgan fingerprint density at radius 1 is 1.56 bits per heavy atom. The molecule has 0 spiro atoms. The predicted molar refractivity (Wildman–Crippen MR) is 65.8 cm³/mol. The summed E-state index contributed by atoms with van der Waals surface area (Å²) >= 11 is 0. The highest BCUT2D eigenvalue weighted by Gasteiger charge is 2.29. The summed E-state index contributed by atoms with van der Waals surface area (Å²) in [4.78, 5) is 10.5. The lowest BCUT2D eigenvalue weighted by molar-refractivity contribution is -0.139. The third-order valence-corrected chi connectivity index (χ3v) is 3.47. The van der Waals surface area contributed by atoms with Gasteiger partial charge < -0.3 is 9.84 Å². The molecular formula is C14H17FO3. The first-order valence-corrected chi connectivity index (χ1v) is 6.24. The Hall–Kier alpha value is -1.58. The van der Waals surface area contributed by atoms with Gasteiger partial charge in [-0.1, -0.05) is 19.1 Å². The van der Waals surface area contributed by atoms with Gasteiger partial charge in [0.1, 0.15) is 11.9 Å². The van der Waals surface area contributed by atoms with E-state index >= 15 is 0 Å². The molecule has 18 heavy (non-hydrogen) atoms. The quantitative estimate of drug-likeness (QED) is 0.896. The molecule has 1 aromatic carbocycles. The maximum atomic E-state index is 13.8. The van der Waals surface area contributed by atoms with Gasteiger partial charge in [-0.25, -0.2) is 9.18 Å². The summed E-state index contributed by atoms with van der Waals surface area (Å²) in [6, 6.07) is 5.48. The van der Waals surface area contributed by atoms with E-state index in [2.05, 4.69) is 0 Å². The molecule has 1 N–H and O–H groups in total. The molecule has 3 nitrogen and oxygen atoms in total. The Kier molecular flexibility index (Phi) is 3.84. The van der Waals surface area contributed by atoms with Crippen LogP contribution in [-0.2, 0) is 11.2 Å². The minimum absolute atomic E-state index is 0.0953. The minimum Gasteiger partial charge on any atom is -0.482 e. The lowest BCUT2D eigenvalue weighted by Gasteiger charge is -2.29. The van der Waals surface area contributed by atoms with E-state index in [4.69, 9.17) is 9.84 Å². The number of alkyl halides is 1. The van der Waals surface area contributed by atoms with Crippen molar-refractivity contribution in [3.63, 3.8) is 0 Å². The van der Waals surface area contributed by atoms with Gasteiger partial charge in [-0.2, -0.15) is 0 Å². The van der Waals surface area contributed by atoms with Crippen LogP contribution < -0.4 is 4.74 Å². The zero-order valence-corrected chi connectivity index (χ0v) is 10.4. The topological polar surface area (TPSA) is 46.5 Å². The normalized spacial score (nSPS) is 22.3. The van der Waals surface area contributed by atoms with Gasteiger partial charge in [0.2, 0.25) is 0 Å². The molecule has 0 saturated heterocycles. The Morgan fingerprint density at radius 3 is 3.00 bits per heavy atom.